The maximum absolute atomic E-state index is 12.1. The second-order valence-corrected chi connectivity index (χ2v) is 4.64. The lowest BCUT2D eigenvalue weighted by atomic mass is 10.00. The van der Waals surface area contributed by atoms with E-state index in [0.29, 0.717) is 0 Å². The van der Waals surface area contributed by atoms with Gasteiger partial charge in [-0.25, -0.2) is 4.39 Å². The molecule has 0 aliphatic rings. The minimum Gasteiger partial charge on any atom is -0.461 e. The third-order valence-electron chi connectivity index (χ3n) is 3.49. The molecule has 0 fully saturated rings. The van der Waals surface area contributed by atoms with Crippen LogP contribution < -0.4 is 0 Å². The summed E-state index contributed by atoms with van der Waals surface area (Å²) in [7, 11) is 0. The fourth-order valence-electron chi connectivity index (χ4n) is 2.22. The predicted molar refractivity (Wildman–Crippen MR) is 79.1 cm³/mol. The van der Waals surface area contributed by atoms with Crippen LogP contribution in [0.25, 0.3) is 16.5 Å². The summed E-state index contributed by atoms with van der Waals surface area (Å²) in [4.78, 5) is 0. The van der Waals surface area contributed by atoms with Crippen molar-refractivity contribution in [1.29, 1.82) is 0 Å². The van der Waals surface area contributed by atoms with E-state index in [1.54, 1.807) is 6.08 Å². The van der Waals surface area contributed by atoms with Crippen LogP contribution in [-0.2, 0) is 0 Å². The van der Waals surface area contributed by atoms with Crippen LogP contribution in [0.1, 0.15) is 30.2 Å². The van der Waals surface area contributed by atoms with Crippen LogP contribution >= 0.6 is 0 Å². The average molecular weight is 258 g/mol. The minimum absolute atomic E-state index is 0.407. The number of alkyl halides is 1. The predicted octanol–water partition coefficient (Wildman–Crippen LogP) is 5.37. The molecule has 0 amide bonds. The van der Waals surface area contributed by atoms with Gasteiger partial charge in [-0.1, -0.05) is 24.3 Å². The van der Waals surface area contributed by atoms with Gasteiger partial charge in [0.15, 0.2) is 0 Å². The van der Waals surface area contributed by atoms with Gasteiger partial charge in [0.2, 0.25) is 0 Å². The lowest BCUT2D eigenvalue weighted by Gasteiger charge is -2.05. The Morgan fingerprint density at radius 3 is 2.74 bits per heavy atom. The van der Waals surface area contributed by atoms with Gasteiger partial charge >= 0.3 is 0 Å². The van der Waals surface area contributed by atoms with Crippen molar-refractivity contribution < 1.29 is 8.81 Å². The Morgan fingerprint density at radius 2 is 2.05 bits per heavy atom. The second kappa shape index (κ2) is 5.87. The lowest BCUT2D eigenvalue weighted by molar-refractivity contribution is 0.561. The highest BCUT2D eigenvalue weighted by Crippen LogP contribution is 2.29. The number of hydrogen-bond donors (Lipinski definition) is 0. The van der Waals surface area contributed by atoms with E-state index >= 15 is 0 Å². The monoisotopic (exact) mass is 258 g/mol. The molecule has 0 aliphatic carbocycles. The topological polar surface area (TPSA) is 13.1 Å². The Balaban J connectivity index is 2.38. The largest absolute Gasteiger partial charge is 0.461 e. The molecule has 100 valence electrons. The van der Waals surface area contributed by atoms with E-state index in [-0.39, 0.29) is 0 Å². The summed E-state index contributed by atoms with van der Waals surface area (Å²) >= 11 is 0. The van der Waals surface area contributed by atoms with Gasteiger partial charge in [0, 0.05) is 5.39 Å². The van der Waals surface area contributed by atoms with Gasteiger partial charge in [-0.3, -0.25) is 0 Å². The fraction of sp³-hybridized carbons (Fsp3) is 0.294. The molecule has 1 nitrogen and oxygen atoms in total. The quantitative estimate of drug-likeness (QED) is 0.672. The third-order valence-corrected chi connectivity index (χ3v) is 3.49. The van der Waals surface area contributed by atoms with E-state index in [2.05, 4.69) is 25.1 Å². The smallest absolute Gasteiger partial charge is 0.134 e. The van der Waals surface area contributed by atoms with Gasteiger partial charge in [-0.15, -0.1) is 0 Å². The molecule has 19 heavy (non-hydrogen) atoms. The van der Waals surface area contributed by atoms with Crippen molar-refractivity contribution in [2.45, 2.75) is 27.2 Å². The summed E-state index contributed by atoms with van der Waals surface area (Å²) in [5.41, 5.74) is 4.48. The van der Waals surface area contributed by atoms with Gasteiger partial charge in [-0.05, 0) is 56.0 Å². The van der Waals surface area contributed by atoms with Crippen LogP contribution in [0.2, 0.25) is 0 Å². The zero-order chi connectivity index (χ0) is 13.8. The van der Waals surface area contributed by atoms with Crippen molar-refractivity contribution in [2.75, 3.05) is 6.67 Å². The number of hydrogen-bond acceptors (Lipinski definition) is 1. The van der Waals surface area contributed by atoms with Crippen molar-refractivity contribution in [3.63, 3.8) is 0 Å². The molecular formula is C17H19FO. The Bertz CT molecular complexity index is 632. The molecule has 0 unspecified atom stereocenters. The van der Waals surface area contributed by atoms with Crippen molar-refractivity contribution in [3.8, 4) is 0 Å². The second-order valence-electron chi connectivity index (χ2n) is 4.64. The molecular weight excluding hydrogens is 239 g/mol. The van der Waals surface area contributed by atoms with Crippen LogP contribution in [0, 0.1) is 13.8 Å². The van der Waals surface area contributed by atoms with Gasteiger partial charge in [0.25, 0.3) is 0 Å². The molecule has 0 bridgehead atoms. The van der Waals surface area contributed by atoms with Gasteiger partial charge < -0.3 is 4.42 Å². The third kappa shape index (κ3) is 2.78. The Labute approximate surface area is 113 Å². The van der Waals surface area contributed by atoms with Gasteiger partial charge in [0.05, 0.1) is 0 Å². The number of aryl methyl sites for hydroxylation is 2. The highest BCUT2D eigenvalue weighted by Gasteiger charge is 2.08. The van der Waals surface area contributed by atoms with Crippen LogP contribution in [0.5, 0.6) is 0 Å². The standard InChI is InChI=1S/C17H19FO/c1-4-14(7-5-6-10-18)15-8-9-17-16(11-15)12(2)13(3)19-17/h4-6,8-9,11H,7,10H2,1-3H3/b6-5-,14-4+. The van der Waals surface area contributed by atoms with Crippen molar-refractivity contribution in [2.24, 2.45) is 0 Å². The lowest BCUT2D eigenvalue weighted by Crippen LogP contribution is -1.83. The Morgan fingerprint density at radius 1 is 1.26 bits per heavy atom. The maximum Gasteiger partial charge on any atom is 0.134 e. The number of allylic oxidation sites excluding steroid dienone is 4. The molecule has 1 aromatic heterocycles. The molecule has 1 aromatic carbocycles. The van der Waals surface area contributed by atoms with Crippen LogP contribution in [0.4, 0.5) is 4.39 Å². The average Bonchev–Trinajstić information content (AvgIpc) is 2.70. The number of benzene rings is 1. The zero-order valence-electron chi connectivity index (χ0n) is 11.7. The fourth-order valence-corrected chi connectivity index (χ4v) is 2.22. The zero-order valence-corrected chi connectivity index (χ0v) is 11.7. The van der Waals surface area contributed by atoms with E-state index in [0.717, 1.165) is 23.2 Å². The van der Waals surface area contributed by atoms with Crippen LogP contribution in [0.3, 0.4) is 0 Å². The van der Waals surface area contributed by atoms with Crippen LogP contribution in [-0.4, -0.2) is 6.67 Å². The molecule has 0 spiro atoms. The van der Waals surface area contributed by atoms with E-state index < -0.39 is 6.67 Å². The number of fused-ring (bicyclic) bond motifs is 1. The first-order valence-electron chi connectivity index (χ1n) is 6.53. The minimum atomic E-state index is -0.407. The first-order valence-corrected chi connectivity index (χ1v) is 6.53. The summed E-state index contributed by atoms with van der Waals surface area (Å²) in [6, 6.07) is 6.22. The molecule has 0 saturated heterocycles. The van der Waals surface area contributed by atoms with Crippen molar-refractivity contribution in [3.05, 3.63) is 53.3 Å². The highest BCUT2D eigenvalue weighted by molar-refractivity contribution is 5.86. The van der Waals surface area contributed by atoms with E-state index in [4.69, 9.17) is 4.42 Å². The summed E-state index contributed by atoms with van der Waals surface area (Å²) in [6.07, 6.45) is 6.25. The number of rotatable bonds is 4. The van der Waals surface area contributed by atoms with Crippen molar-refractivity contribution in [1.82, 2.24) is 0 Å². The summed E-state index contributed by atoms with van der Waals surface area (Å²) in [5.74, 6) is 0.964. The Hall–Kier alpha value is -1.83. The summed E-state index contributed by atoms with van der Waals surface area (Å²) < 4.78 is 17.8. The molecule has 1 heterocycles. The SMILES string of the molecule is C/C=C(\C/C=C\CF)c1ccc2oc(C)c(C)c2c1. The van der Waals surface area contributed by atoms with E-state index in [1.807, 2.05) is 26.0 Å². The molecule has 0 saturated carbocycles. The molecule has 0 aliphatic heterocycles. The first kappa shape index (κ1) is 13.6. The normalized spacial score (nSPS) is 12.7. The summed E-state index contributed by atoms with van der Waals surface area (Å²) in [5, 5.41) is 1.16. The van der Waals surface area contributed by atoms with Crippen molar-refractivity contribution >= 4 is 16.5 Å². The number of furan rings is 1. The maximum atomic E-state index is 12.1. The van der Waals surface area contributed by atoms with Gasteiger partial charge in [0.1, 0.15) is 18.0 Å². The van der Waals surface area contributed by atoms with E-state index in [1.165, 1.54) is 16.7 Å². The highest BCUT2D eigenvalue weighted by atomic mass is 19.1. The number of halogens is 1. The molecule has 0 radical (unpaired) electrons. The summed E-state index contributed by atoms with van der Waals surface area (Å²) in [6.45, 7) is 5.66. The molecule has 2 rings (SSSR count). The van der Waals surface area contributed by atoms with Gasteiger partial charge in [-0.2, -0.15) is 0 Å². The molecule has 0 atom stereocenters. The van der Waals surface area contributed by atoms with E-state index in [9.17, 15) is 4.39 Å². The molecule has 2 aromatic rings. The Kier molecular flexibility index (Phi) is 4.20. The first-order chi connectivity index (χ1) is 9.17. The van der Waals surface area contributed by atoms with Crippen LogP contribution in [0.15, 0.2) is 40.8 Å². The molecule has 2 heteroatoms. The molecule has 0 N–H and O–H groups in total.